The van der Waals surface area contributed by atoms with Crippen LogP contribution in [0.1, 0.15) is 10.4 Å². The number of carbonyl (C=O) groups is 1. The summed E-state index contributed by atoms with van der Waals surface area (Å²) >= 11 is 11.7. The van der Waals surface area contributed by atoms with Crippen molar-refractivity contribution < 1.29 is 9.90 Å². The van der Waals surface area contributed by atoms with Crippen molar-refractivity contribution in [1.29, 1.82) is 0 Å². The molecule has 1 amide bonds. The number of halogens is 2. The number of amides is 1. The molecule has 1 saturated heterocycles. The molecule has 0 spiro atoms. The van der Waals surface area contributed by atoms with Crippen LogP contribution in [0.2, 0.25) is 10.0 Å². The third kappa shape index (κ3) is 2.65. The number of hydrogen-bond donors (Lipinski definition) is 2. The van der Waals surface area contributed by atoms with Gasteiger partial charge in [-0.1, -0.05) is 23.2 Å². The van der Waals surface area contributed by atoms with Crippen molar-refractivity contribution >= 4 is 29.1 Å². The summed E-state index contributed by atoms with van der Waals surface area (Å²) in [5.41, 5.74) is 0.123. The number of hydrogen-bond acceptors (Lipinski definition) is 3. The molecule has 92 valence electrons. The van der Waals surface area contributed by atoms with E-state index < -0.39 is 0 Å². The summed E-state index contributed by atoms with van der Waals surface area (Å²) in [6, 6.07) is 2.78. The van der Waals surface area contributed by atoms with Crippen molar-refractivity contribution in [2.24, 2.45) is 0 Å². The fraction of sp³-hybridized carbons (Fsp3) is 0.364. The summed E-state index contributed by atoms with van der Waals surface area (Å²) in [4.78, 5) is 13.8. The summed E-state index contributed by atoms with van der Waals surface area (Å²) in [5.74, 6) is -0.434. The molecule has 4 nitrogen and oxygen atoms in total. The Kier molecular flexibility index (Phi) is 3.76. The van der Waals surface area contributed by atoms with Crippen molar-refractivity contribution in [3.05, 3.63) is 27.7 Å². The van der Waals surface area contributed by atoms with Gasteiger partial charge in [0.25, 0.3) is 5.91 Å². The molecule has 0 atom stereocenters. The van der Waals surface area contributed by atoms with Crippen molar-refractivity contribution in [2.75, 3.05) is 26.2 Å². The van der Waals surface area contributed by atoms with E-state index in [-0.39, 0.29) is 22.2 Å². The van der Waals surface area contributed by atoms with Gasteiger partial charge in [0.15, 0.2) is 0 Å². The molecule has 0 bridgehead atoms. The average molecular weight is 275 g/mol. The second kappa shape index (κ2) is 5.12. The molecule has 0 saturated carbocycles. The Hall–Kier alpha value is -0.970. The van der Waals surface area contributed by atoms with Crippen LogP contribution in [0.25, 0.3) is 0 Å². The second-order valence-electron chi connectivity index (χ2n) is 3.82. The first-order chi connectivity index (χ1) is 8.09. The van der Waals surface area contributed by atoms with Crippen LogP contribution in [-0.4, -0.2) is 42.1 Å². The van der Waals surface area contributed by atoms with E-state index in [1.807, 2.05) is 0 Å². The first kappa shape index (κ1) is 12.5. The number of benzene rings is 1. The van der Waals surface area contributed by atoms with E-state index in [1.165, 1.54) is 12.1 Å². The zero-order valence-corrected chi connectivity index (χ0v) is 10.6. The van der Waals surface area contributed by atoms with Gasteiger partial charge in [-0.15, -0.1) is 0 Å². The summed E-state index contributed by atoms with van der Waals surface area (Å²) in [6.07, 6.45) is 0. The minimum atomic E-state index is -0.259. The van der Waals surface area contributed by atoms with Gasteiger partial charge in [-0.2, -0.15) is 0 Å². The molecule has 2 rings (SSSR count). The van der Waals surface area contributed by atoms with Crippen LogP contribution < -0.4 is 5.32 Å². The van der Waals surface area contributed by atoms with Crippen molar-refractivity contribution in [3.63, 3.8) is 0 Å². The minimum absolute atomic E-state index is 0.123. The average Bonchev–Trinajstić information content (AvgIpc) is 2.28. The van der Waals surface area contributed by atoms with E-state index in [0.717, 1.165) is 13.1 Å². The maximum Gasteiger partial charge on any atom is 0.259 e. The Bertz CT molecular complexity index is 422. The summed E-state index contributed by atoms with van der Waals surface area (Å²) in [6.45, 7) is 2.71. The Labute approximate surface area is 109 Å². The van der Waals surface area contributed by atoms with Gasteiger partial charge in [-0.3, -0.25) is 4.79 Å². The SMILES string of the molecule is O=C(c1c(O)cc(Cl)cc1Cl)N1CCNCC1. The van der Waals surface area contributed by atoms with Gasteiger partial charge < -0.3 is 15.3 Å². The van der Waals surface area contributed by atoms with E-state index in [4.69, 9.17) is 23.2 Å². The number of nitrogens with one attached hydrogen (secondary N) is 1. The number of phenolic OH excluding ortho intramolecular Hbond substituents is 1. The smallest absolute Gasteiger partial charge is 0.259 e. The third-order valence-corrected chi connectivity index (χ3v) is 3.17. The molecule has 1 aromatic rings. The van der Waals surface area contributed by atoms with Gasteiger partial charge in [0.05, 0.1) is 10.6 Å². The summed E-state index contributed by atoms with van der Waals surface area (Å²) in [5, 5.41) is 13.4. The Morgan fingerprint density at radius 2 is 1.94 bits per heavy atom. The first-order valence-electron chi connectivity index (χ1n) is 5.27. The van der Waals surface area contributed by atoms with Crippen molar-refractivity contribution in [2.45, 2.75) is 0 Å². The van der Waals surface area contributed by atoms with E-state index in [9.17, 15) is 9.90 Å². The van der Waals surface area contributed by atoms with Crippen LogP contribution in [0.3, 0.4) is 0 Å². The quantitative estimate of drug-likeness (QED) is 0.821. The van der Waals surface area contributed by atoms with Crippen LogP contribution in [0.5, 0.6) is 5.75 Å². The van der Waals surface area contributed by atoms with Crippen LogP contribution in [-0.2, 0) is 0 Å². The molecule has 6 heteroatoms. The standard InChI is InChI=1S/C11H12Cl2N2O2/c12-7-5-8(13)10(9(16)6-7)11(17)15-3-1-14-2-4-15/h5-6,14,16H,1-4H2. The predicted molar refractivity (Wildman–Crippen MR) is 66.9 cm³/mol. The fourth-order valence-corrected chi connectivity index (χ4v) is 2.36. The lowest BCUT2D eigenvalue weighted by Crippen LogP contribution is -2.46. The third-order valence-electron chi connectivity index (χ3n) is 2.65. The van der Waals surface area contributed by atoms with E-state index in [0.29, 0.717) is 18.1 Å². The van der Waals surface area contributed by atoms with Gasteiger partial charge in [0, 0.05) is 31.2 Å². The molecule has 0 aliphatic carbocycles. The highest BCUT2D eigenvalue weighted by Gasteiger charge is 2.23. The van der Waals surface area contributed by atoms with Crippen LogP contribution in [0.4, 0.5) is 0 Å². The number of nitrogens with zero attached hydrogens (tertiary/aromatic N) is 1. The normalized spacial score (nSPS) is 16.0. The molecule has 1 aliphatic rings. The highest BCUT2D eigenvalue weighted by atomic mass is 35.5. The van der Waals surface area contributed by atoms with Gasteiger partial charge in [0.2, 0.25) is 0 Å². The molecule has 2 N–H and O–H groups in total. The largest absolute Gasteiger partial charge is 0.507 e. The lowest BCUT2D eigenvalue weighted by Gasteiger charge is -2.28. The Morgan fingerprint density at radius 1 is 1.29 bits per heavy atom. The van der Waals surface area contributed by atoms with Crippen molar-refractivity contribution in [3.8, 4) is 5.75 Å². The molecule has 0 aromatic heterocycles. The predicted octanol–water partition coefficient (Wildman–Crippen LogP) is 1.74. The van der Waals surface area contributed by atoms with Crippen LogP contribution >= 0.6 is 23.2 Å². The van der Waals surface area contributed by atoms with Gasteiger partial charge in [-0.05, 0) is 12.1 Å². The fourth-order valence-electron chi connectivity index (χ4n) is 1.80. The number of phenols is 1. The van der Waals surface area contributed by atoms with E-state index in [1.54, 1.807) is 4.90 Å². The molecule has 1 heterocycles. The topological polar surface area (TPSA) is 52.6 Å². The molecule has 1 aromatic carbocycles. The van der Waals surface area contributed by atoms with Gasteiger partial charge in [0.1, 0.15) is 5.75 Å². The number of aromatic hydroxyl groups is 1. The molecule has 17 heavy (non-hydrogen) atoms. The highest BCUT2D eigenvalue weighted by molar-refractivity contribution is 6.37. The van der Waals surface area contributed by atoms with Gasteiger partial charge >= 0.3 is 0 Å². The maximum atomic E-state index is 12.2. The number of piperazine rings is 1. The van der Waals surface area contributed by atoms with Gasteiger partial charge in [-0.25, -0.2) is 0 Å². The zero-order valence-electron chi connectivity index (χ0n) is 9.04. The number of rotatable bonds is 1. The van der Waals surface area contributed by atoms with Crippen molar-refractivity contribution in [1.82, 2.24) is 10.2 Å². The molecule has 1 aliphatic heterocycles. The maximum absolute atomic E-state index is 12.2. The zero-order chi connectivity index (χ0) is 12.4. The number of carbonyl (C=O) groups excluding carboxylic acids is 1. The highest BCUT2D eigenvalue weighted by Crippen LogP contribution is 2.31. The molecular weight excluding hydrogens is 263 g/mol. The summed E-state index contributed by atoms with van der Waals surface area (Å²) in [7, 11) is 0. The van der Waals surface area contributed by atoms with Crippen LogP contribution in [0.15, 0.2) is 12.1 Å². The van der Waals surface area contributed by atoms with Crippen LogP contribution in [0, 0.1) is 0 Å². The first-order valence-corrected chi connectivity index (χ1v) is 6.03. The Balaban J connectivity index is 2.30. The second-order valence-corrected chi connectivity index (χ2v) is 4.67. The Morgan fingerprint density at radius 3 is 2.53 bits per heavy atom. The lowest BCUT2D eigenvalue weighted by molar-refractivity contribution is 0.0733. The minimum Gasteiger partial charge on any atom is -0.507 e. The molecular formula is C11H12Cl2N2O2. The summed E-state index contributed by atoms with van der Waals surface area (Å²) < 4.78 is 0. The molecule has 0 radical (unpaired) electrons. The molecule has 1 fully saturated rings. The molecule has 0 unspecified atom stereocenters. The monoisotopic (exact) mass is 274 g/mol. The van der Waals surface area contributed by atoms with E-state index >= 15 is 0 Å². The lowest BCUT2D eigenvalue weighted by atomic mass is 10.1. The van der Waals surface area contributed by atoms with E-state index in [2.05, 4.69) is 5.32 Å².